The highest BCUT2D eigenvalue weighted by atomic mass is 32.2. The summed E-state index contributed by atoms with van der Waals surface area (Å²) in [7, 11) is -3.68. The Balaban J connectivity index is 1.92. The van der Waals surface area contributed by atoms with Gasteiger partial charge in [-0.15, -0.1) is 0 Å². The van der Waals surface area contributed by atoms with Crippen LogP contribution in [0.25, 0.3) is 0 Å². The number of morpholine rings is 1. The number of hydrogen-bond acceptors (Lipinski definition) is 6. The third-order valence-electron chi connectivity index (χ3n) is 3.58. The number of rotatable bonds is 6. The van der Waals surface area contributed by atoms with Crippen molar-refractivity contribution >= 4 is 16.2 Å². The van der Waals surface area contributed by atoms with Crippen LogP contribution in [0.4, 0.5) is 0 Å². The van der Waals surface area contributed by atoms with Crippen molar-refractivity contribution in [2.24, 2.45) is 0 Å². The predicted molar refractivity (Wildman–Crippen MR) is 75.9 cm³/mol. The van der Waals surface area contributed by atoms with Gasteiger partial charge in [-0.3, -0.25) is 4.79 Å². The molecule has 2 unspecified atom stereocenters. The molecule has 2 N–H and O–H groups in total. The van der Waals surface area contributed by atoms with Gasteiger partial charge in [0.25, 0.3) is 10.2 Å². The van der Waals surface area contributed by atoms with Gasteiger partial charge in [-0.25, -0.2) is 4.72 Å². The lowest BCUT2D eigenvalue weighted by Gasteiger charge is -2.26. The summed E-state index contributed by atoms with van der Waals surface area (Å²) in [5, 5.41) is 3.17. The largest absolute Gasteiger partial charge is 0.465 e. The van der Waals surface area contributed by atoms with Crippen LogP contribution in [0.15, 0.2) is 0 Å². The summed E-state index contributed by atoms with van der Waals surface area (Å²) in [6.45, 7) is 4.37. The lowest BCUT2D eigenvalue weighted by atomic mass is 10.2. The van der Waals surface area contributed by atoms with Crippen LogP contribution in [-0.2, 0) is 24.5 Å². The molecule has 2 aliphatic rings. The van der Waals surface area contributed by atoms with Crippen molar-refractivity contribution in [3.63, 3.8) is 0 Å². The van der Waals surface area contributed by atoms with Crippen LogP contribution in [0.5, 0.6) is 0 Å². The van der Waals surface area contributed by atoms with E-state index < -0.39 is 22.2 Å². The molecular formula is C12H23N3O5S. The molecular weight excluding hydrogens is 298 g/mol. The summed E-state index contributed by atoms with van der Waals surface area (Å²) in [5.74, 6) is -0.473. The van der Waals surface area contributed by atoms with Gasteiger partial charge in [-0.2, -0.15) is 12.7 Å². The Labute approximate surface area is 125 Å². The highest BCUT2D eigenvalue weighted by Gasteiger charge is 2.39. The molecule has 21 heavy (non-hydrogen) atoms. The molecule has 8 nitrogen and oxygen atoms in total. The zero-order chi connectivity index (χ0) is 15.3. The number of esters is 1. The fourth-order valence-corrected chi connectivity index (χ4v) is 4.02. The van der Waals surface area contributed by atoms with E-state index in [1.807, 2.05) is 0 Å². The maximum absolute atomic E-state index is 12.3. The molecule has 2 aliphatic heterocycles. The second-order valence-electron chi connectivity index (χ2n) is 5.10. The van der Waals surface area contributed by atoms with Gasteiger partial charge < -0.3 is 14.8 Å². The average Bonchev–Trinajstić information content (AvgIpc) is 2.97. The number of nitrogens with zero attached hydrogens (tertiary/aromatic N) is 1. The molecule has 2 saturated heterocycles. The second kappa shape index (κ2) is 7.50. The second-order valence-corrected chi connectivity index (χ2v) is 6.81. The molecule has 0 aromatic heterocycles. The van der Waals surface area contributed by atoms with Crippen molar-refractivity contribution < 1.29 is 22.7 Å². The maximum atomic E-state index is 12.3. The average molecular weight is 321 g/mol. The van der Waals surface area contributed by atoms with Crippen LogP contribution in [0, 0.1) is 0 Å². The third kappa shape index (κ3) is 4.36. The summed E-state index contributed by atoms with van der Waals surface area (Å²) in [4.78, 5) is 11.8. The molecule has 0 amide bonds. The SMILES string of the molecule is CCOC(=O)C1CCCN1S(=O)(=O)NCC1COCCN1. The highest BCUT2D eigenvalue weighted by molar-refractivity contribution is 7.87. The molecule has 0 aromatic carbocycles. The molecule has 0 aromatic rings. The Morgan fingerprint density at radius 1 is 1.52 bits per heavy atom. The summed E-state index contributed by atoms with van der Waals surface area (Å²) in [5.41, 5.74) is 0. The minimum Gasteiger partial charge on any atom is -0.465 e. The van der Waals surface area contributed by atoms with Crippen LogP contribution >= 0.6 is 0 Å². The molecule has 2 atom stereocenters. The Hall–Kier alpha value is -0.740. The van der Waals surface area contributed by atoms with E-state index in [1.54, 1.807) is 6.92 Å². The van der Waals surface area contributed by atoms with Crippen molar-refractivity contribution in [2.75, 3.05) is 39.5 Å². The Morgan fingerprint density at radius 3 is 3.00 bits per heavy atom. The fraction of sp³-hybridized carbons (Fsp3) is 0.917. The van der Waals surface area contributed by atoms with Gasteiger partial charge in [0, 0.05) is 25.7 Å². The molecule has 9 heteroatoms. The number of nitrogens with one attached hydrogen (secondary N) is 2. The van der Waals surface area contributed by atoms with Crippen LogP contribution in [0.1, 0.15) is 19.8 Å². The van der Waals surface area contributed by atoms with Gasteiger partial charge in [-0.05, 0) is 19.8 Å². The number of carbonyl (C=O) groups excluding carboxylic acids is 1. The molecule has 2 heterocycles. The minimum atomic E-state index is -3.68. The zero-order valence-corrected chi connectivity index (χ0v) is 13.0. The molecule has 0 radical (unpaired) electrons. The van der Waals surface area contributed by atoms with Gasteiger partial charge in [0.05, 0.1) is 19.8 Å². The van der Waals surface area contributed by atoms with E-state index in [1.165, 1.54) is 4.31 Å². The molecule has 0 aliphatic carbocycles. The highest BCUT2D eigenvalue weighted by Crippen LogP contribution is 2.21. The zero-order valence-electron chi connectivity index (χ0n) is 12.2. The third-order valence-corrected chi connectivity index (χ3v) is 5.17. The monoisotopic (exact) mass is 321 g/mol. The van der Waals surface area contributed by atoms with E-state index in [0.29, 0.717) is 39.1 Å². The molecule has 0 bridgehead atoms. The lowest BCUT2D eigenvalue weighted by molar-refractivity contribution is -0.146. The van der Waals surface area contributed by atoms with Crippen LogP contribution in [0.2, 0.25) is 0 Å². The van der Waals surface area contributed by atoms with E-state index >= 15 is 0 Å². The van der Waals surface area contributed by atoms with Crippen LogP contribution in [0.3, 0.4) is 0 Å². The van der Waals surface area contributed by atoms with Crippen molar-refractivity contribution in [3.05, 3.63) is 0 Å². The molecule has 0 saturated carbocycles. The van der Waals surface area contributed by atoms with Gasteiger partial charge >= 0.3 is 5.97 Å². The van der Waals surface area contributed by atoms with Gasteiger partial charge in [-0.1, -0.05) is 0 Å². The predicted octanol–water partition coefficient (Wildman–Crippen LogP) is -1.16. The quantitative estimate of drug-likeness (QED) is 0.599. The first kappa shape index (κ1) is 16.6. The lowest BCUT2D eigenvalue weighted by Crippen LogP contribution is -2.52. The topological polar surface area (TPSA) is 97.0 Å². The molecule has 2 fully saturated rings. The smallest absolute Gasteiger partial charge is 0.324 e. The van der Waals surface area contributed by atoms with Crippen molar-refractivity contribution in [1.82, 2.24) is 14.3 Å². The van der Waals surface area contributed by atoms with Gasteiger partial charge in [0.1, 0.15) is 6.04 Å². The Bertz CT molecular complexity index is 450. The minimum absolute atomic E-state index is 0.0443. The van der Waals surface area contributed by atoms with Gasteiger partial charge in [0.15, 0.2) is 0 Å². The van der Waals surface area contributed by atoms with Crippen LogP contribution < -0.4 is 10.0 Å². The maximum Gasteiger partial charge on any atom is 0.324 e. The summed E-state index contributed by atoms with van der Waals surface area (Å²) in [6, 6.07) is -0.754. The van der Waals surface area contributed by atoms with Crippen molar-refractivity contribution in [2.45, 2.75) is 31.8 Å². The van der Waals surface area contributed by atoms with E-state index in [0.717, 1.165) is 0 Å². The first-order valence-electron chi connectivity index (χ1n) is 7.29. The summed E-state index contributed by atoms with van der Waals surface area (Å²) < 4.78 is 38.6. The molecule has 2 rings (SSSR count). The van der Waals surface area contributed by atoms with Crippen LogP contribution in [-0.4, -0.2) is 70.2 Å². The standard InChI is InChI=1S/C12H23N3O5S/c1-2-20-12(16)11-4-3-6-15(11)21(17,18)14-8-10-9-19-7-5-13-10/h10-11,13-14H,2-9H2,1H3. The molecule has 0 spiro atoms. The van der Waals surface area contributed by atoms with Crippen molar-refractivity contribution in [1.29, 1.82) is 0 Å². The normalized spacial score (nSPS) is 27.7. The van der Waals surface area contributed by atoms with Crippen molar-refractivity contribution in [3.8, 4) is 0 Å². The molecule has 122 valence electrons. The number of carbonyl (C=O) groups is 1. The first-order valence-corrected chi connectivity index (χ1v) is 8.73. The Kier molecular flexibility index (Phi) is 5.94. The number of hydrogen-bond donors (Lipinski definition) is 2. The van der Waals surface area contributed by atoms with E-state index in [2.05, 4.69) is 10.0 Å². The summed E-state index contributed by atoms with van der Waals surface area (Å²) >= 11 is 0. The fourth-order valence-electron chi connectivity index (χ4n) is 2.54. The Morgan fingerprint density at radius 2 is 2.33 bits per heavy atom. The summed E-state index contributed by atoms with van der Waals surface area (Å²) in [6.07, 6.45) is 1.17. The number of ether oxygens (including phenoxy) is 2. The van der Waals surface area contributed by atoms with E-state index in [4.69, 9.17) is 9.47 Å². The van der Waals surface area contributed by atoms with E-state index in [-0.39, 0.29) is 19.2 Å². The van der Waals surface area contributed by atoms with Gasteiger partial charge in [0.2, 0.25) is 0 Å². The van der Waals surface area contributed by atoms with E-state index in [9.17, 15) is 13.2 Å². The first-order chi connectivity index (χ1) is 10.0.